The molecule has 1 aromatic heterocycles. The number of nitrogens with zero attached hydrogens (tertiary/aromatic N) is 3. The van der Waals surface area contributed by atoms with Crippen molar-refractivity contribution >= 4 is 10.0 Å². The van der Waals surface area contributed by atoms with Crippen molar-refractivity contribution in [3.63, 3.8) is 0 Å². The number of aromatic nitrogens is 2. The van der Waals surface area contributed by atoms with Crippen molar-refractivity contribution in [2.75, 3.05) is 19.6 Å². The average Bonchev–Trinajstić information content (AvgIpc) is 2.76. The second-order valence-corrected chi connectivity index (χ2v) is 6.34. The molecule has 1 rings (SSSR count). The number of sulfonamides is 1. The first kappa shape index (κ1) is 16.1. The molecule has 0 aliphatic rings. The van der Waals surface area contributed by atoms with E-state index in [9.17, 15) is 8.42 Å². The fraction of sp³-hybridized carbons (Fsp3) is 0.750. The summed E-state index contributed by atoms with van der Waals surface area (Å²) in [6, 6.07) is 0. The summed E-state index contributed by atoms with van der Waals surface area (Å²) < 4.78 is 28.3. The molecule has 1 aromatic rings. The minimum atomic E-state index is -3.53. The normalized spacial score (nSPS) is 12.3. The molecule has 1 heterocycles. The predicted octanol–water partition coefficient (Wildman–Crippen LogP) is 0.961. The van der Waals surface area contributed by atoms with Gasteiger partial charge in [0.05, 0.1) is 0 Å². The maximum absolute atomic E-state index is 12.5. The van der Waals surface area contributed by atoms with Crippen molar-refractivity contribution < 1.29 is 8.42 Å². The largest absolute Gasteiger partial charge is 0.334 e. The summed E-state index contributed by atoms with van der Waals surface area (Å²) in [5.41, 5.74) is 5.51. The SMILES string of the molecule is CCCCN(CCN)S(=O)(=O)c1cn(CC)c(C)n1. The van der Waals surface area contributed by atoms with Gasteiger partial charge in [0.15, 0.2) is 5.03 Å². The Morgan fingerprint density at radius 1 is 1.37 bits per heavy atom. The maximum atomic E-state index is 12.5. The highest BCUT2D eigenvalue weighted by atomic mass is 32.2. The van der Waals surface area contributed by atoms with Gasteiger partial charge in [0.1, 0.15) is 5.82 Å². The van der Waals surface area contributed by atoms with Crippen LogP contribution in [-0.4, -0.2) is 41.9 Å². The van der Waals surface area contributed by atoms with E-state index in [1.807, 2.05) is 25.3 Å². The van der Waals surface area contributed by atoms with E-state index >= 15 is 0 Å². The van der Waals surface area contributed by atoms with Crippen molar-refractivity contribution in [2.45, 2.75) is 45.2 Å². The number of imidazole rings is 1. The van der Waals surface area contributed by atoms with Gasteiger partial charge in [0.2, 0.25) is 0 Å². The highest BCUT2D eigenvalue weighted by Gasteiger charge is 2.26. The first-order valence-corrected chi connectivity index (χ1v) is 8.15. The predicted molar refractivity (Wildman–Crippen MR) is 75.4 cm³/mol. The molecule has 0 aliphatic carbocycles. The summed E-state index contributed by atoms with van der Waals surface area (Å²) in [7, 11) is -3.53. The molecule has 6 nitrogen and oxygen atoms in total. The van der Waals surface area contributed by atoms with Crippen molar-refractivity contribution in [2.24, 2.45) is 5.73 Å². The van der Waals surface area contributed by atoms with Gasteiger partial charge in [-0.1, -0.05) is 13.3 Å². The van der Waals surface area contributed by atoms with Crippen LogP contribution in [0.25, 0.3) is 0 Å². The zero-order valence-electron chi connectivity index (χ0n) is 12.0. The van der Waals surface area contributed by atoms with Crippen molar-refractivity contribution in [1.29, 1.82) is 0 Å². The van der Waals surface area contributed by atoms with Crippen LogP contribution in [0.1, 0.15) is 32.5 Å². The Morgan fingerprint density at radius 3 is 2.53 bits per heavy atom. The fourth-order valence-electron chi connectivity index (χ4n) is 1.89. The maximum Gasteiger partial charge on any atom is 0.262 e. The summed E-state index contributed by atoms with van der Waals surface area (Å²) in [5.74, 6) is 0.712. The standard InChI is InChI=1S/C12H24N4O2S/c1-4-6-8-16(9-7-13)19(17,18)12-10-15(5-2)11(3)14-12/h10H,4-9,13H2,1-3H3. The molecule has 0 saturated heterocycles. The third-order valence-corrected chi connectivity index (χ3v) is 4.81. The van der Waals surface area contributed by atoms with Crippen LogP contribution in [0.4, 0.5) is 0 Å². The number of hydrogen-bond donors (Lipinski definition) is 1. The number of rotatable bonds is 8. The number of nitrogens with two attached hydrogens (primary N) is 1. The highest BCUT2D eigenvalue weighted by molar-refractivity contribution is 7.89. The van der Waals surface area contributed by atoms with Crippen LogP contribution < -0.4 is 5.73 Å². The number of hydrogen-bond acceptors (Lipinski definition) is 4. The second kappa shape index (κ2) is 7.02. The lowest BCUT2D eigenvalue weighted by atomic mass is 10.3. The molecule has 110 valence electrons. The summed E-state index contributed by atoms with van der Waals surface area (Å²) in [4.78, 5) is 4.16. The topological polar surface area (TPSA) is 81.2 Å². The van der Waals surface area contributed by atoms with Gasteiger partial charge >= 0.3 is 0 Å². The Labute approximate surface area is 115 Å². The molecule has 2 N–H and O–H groups in total. The van der Waals surface area contributed by atoms with Gasteiger partial charge in [-0.05, 0) is 20.3 Å². The third-order valence-electron chi connectivity index (χ3n) is 3.04. The van der Waals surface area contributed by atoms with Crippen LogP contribution in [-0.2, 0) is 16.6 Å². The van der Waals surface area contributed by atoms with E-state index in [0.29, 0.717) is 32.0 Å². The Bertz CT molecular complexity index is 496. The minimum Gasteiger partial charge on any atom is -0.334 e. The lowest BCUT2D eigenvalue weighted by Gasteiger charge is -2.19. The molecule has 0 atom stereocenters. The zero-order chi connectivity index (χ0) is 14.5. The van der Waals surface area contributed by atoms with E-state index in [-0.39, 0.29) is 5.03 Å². The lowest BCUT2D eigenvalue weighted by molar-refractivity contribution is 0.408. The monoisotopic (exact) mass is 288 g/mol. The van der Waals surface area contributed by atoms with Crippen LogP contribution in [0.15, 0.2) is 11.2 Å². The molecule has 0 aliphatic heterocycles. The summed E-state index contributed by atoms with van der Waals surface area (Å²) in [6.07, 6.45) is 3.37. The van der Waals surface area contributed by atoms with Gasteiger partial charge in [0, 0.05) is 32.4 Å². The average molecular weight is 288 g/mol. The number of aryl methyl sites for hydroxylation is 2. The molecule has 0 amide bonds. The van der Waals surface area contributed by atoms with E-state index < -0.39 is 10.0 Å². The fourth-order valence-corrected chi connectivity index (χ4v) is 3.37. The molecule has 0 aromatic carbocycles. The van der Waals surface area contributed by atoms with Crippen molar-refractivity contribution in [1.82, 2.24) is 13.9 Å². The zero-order valence-corrected chi connectivity index (χ0v) is 12.8. The smallest absolute Gasteiger partial charge is 0.262 e. The second-order valence-electron chi connectivity index (χ2n) is 4.46. The molecule has 0 saturated carbocycles. The molecule has 0 unspecified atom stereocenters. The van der Waals surface area contributed by atoms with E-state index in [0.717, 1.165) is 12.8 Å². The van der Waals surface area contributed by atoms with Crippen LogP contribution in [0.5, 0.6) is 0 Å². The van der Waals surface area contributed by atoms with Gasteiger partial charge in [-0.25, -0.2) is 13.4 Å². The molecule has 19 heavy (non-hydrogen) atoms. The summed E-state index contributed by atoms with van der Waals surface area (Å²) >= 11 is 0. The van der Waals surface area contributed by atoms with Gasteiger partial charge in [-0.2, -0.15) is 4.31 Å². The first-order chi connectivity index (χ1) is 8.97. The summed E-state index contributed by atoms with van der Waals surface area (Å²) in [5, 5.41) is 0.122. The highest BCUT2D eigenvalue weighted by Crippen LogP contribution is 2.15. The lowest BCUT2D eigenvalue weighted by Crippen LogP contribution is -2.36. The Balaban J connectivity index is 3.03. The number of unbranched alkanes of at least 4 members (excludes halogenated alkanes) is 1. The first-order valence-electron chi connectivity index (χ1n) is 6.71. The molecule has 0 fully saturated rings. The van der Waals surface area contributed by atoms with Gasteiger partial charge in [-0.15, -0.1) is 0 Å². The van der Waals surface area contributed by atoms with Crippen LogP contribution in [0, 0.1) is 6.92 Å². The molecular formula is C12H24N4O2S. The molecule has 0 radical (unpaired) electrons. The molecule has 0 bridgehead atoms. The Morgan fingerprint density at radius 2 is 2.05 bits per heavy atom. The van der Waals surface area contributed by atoms with E-state index in [2.05, 4.69) is 4.98 Å². The summed E-state index contributed by atoms with van der Waals surface area (Å²) in [6.45, 7) is 7.65. The van der Waals surface area contributed by atoms with Gasteiger partial charge in [-0.3, -0.25) is 0 Å². The Hall–Kier alpha value is -0.920. The van der Waals surface area contributed by atoms with E-state index in [4.69, 9.17) is 5.73 Å². The molecular weight excluding hydrogens is 264 g/mol. The quantitative estimate of drug-likeness (QED) is 0.772. The van der Waals surface area contributed by atoms with Crippen LogP contribution >= 0.6 is 0 Å². The molecule has 0 spiro atoms. The van der Waals surface area contributed by atoms with Crippen molar-refractivity contribution in [3.05, 3.63) is 12.0 Å². The molecule has 7 heteroatoms. The van der Waals surface area contributed by atoms with Gasteiger partial charge < -0.3 is 10.3 Å². The third kappa shape index (κ3) is 3.77. The van der Waals surface area contributed by atoms with Crippen LogP contribution in [0.2, 0.25) is 0 Å². The van der Waals surface area contributed by atoms with E-state index in [1.54, 1.807) is 6.20 Å². The van der Waals surface area contributed by atoms with Crippen molar-refractivity contribution in [3.8, 4) is 0 Å². The van der Waals surface area contributed by atoms with Crippen LogP contribution in [0.3, 0.4) is 0 Å². The van der Waals surface area contributed by atoms with Gasteiger partial charge in [0.25, 0.3) is 10.0 Å². The Kier molecular flexibility index (Phi) is 5.96. The minimum absolute atomic E-state index is 0.122. The van der Waals surface area contributed by atoms with E-state index in [1.165, 1.54) is 4.31 Å².